The molecule has 0 radical (unpaired) electrons. The van der Waals surface area contributed by atoms with Gasteiger partial charge in [0.05, 0.1) is 17.9 Å². The molecule has 2 rings (SSSR count). The zero-order valence-corrected chi connectivity index (χ0v) is 13.6. The molecule has 8 heteroatoms. The molecule has 22 heavy (non-hydrogen) atoms. The molecule has 0 saturated carbocycles. The maximum Gasteiger partial charge on any atom is 0.211 e. The van der Waals surface area contributed by atoms with Crippen LogP contribution in [0, 0.1) is 0 Å². The number of hydrogen-bond donors (Lipinski definition) is 2. The van der Waals surface area contributed by atoms with E-state index in [1.54, 1.807) is 25.2 Å². The third kappa shape index (κ3) is 3.06. The van der Waals surface area contributed by atoms with Crippen molar-refractivity contribution in [3.05, 3.63) is 23.8 Å². The van der Waals surface area contributed by atoms with Crippen molar-refractivity contribution in [2.75, 3.05) is 19.0 Å². The van der Waals surface area contributed by atoms with Crippen molar-refractivity contribution in [3.63, 3.8) is 0 Å². The Hall–Kier alpha value is -2.09. The predicted octanol–water partition coefficient (Wildman–Crippen LogP) is 1.01. The van der Waals surface area contributed by atoms with E-state index < -0.39 is 17.0 Å². The number of ether oxygens (including phenoxy) is 1. The first-order chi connectivity index (χ1) is 10.5. The van der Waals surface area contributed by atoms with Crippen molar-refractivity contribution >= 4 is 29.0 Å². The van der Waals surface area contributed by atoms with Gasteiger partial charge in [0.2, 0.25) is 12.4 Å². The topological polar surface area (TPSA) is 97.0 Å². The SMILES string of the molecule is CCOc1ccc(NC=O)cc1C1N=C(N)N(C)S(=O)C1C. The van der Waals surface area contributed by atoms with Crippen molar-refractivity contribution in [2.45, 2.75) is 25.1 Å². The molecule has 120 valence electrons. The Labute approximate surface area is 132 Å². The largest absolute Gasteiger partial charge is 0.494 e. The maximum atomic E-state index is 12.4. The van der Waals surface area contributed by atoms with Crippen LogP contribution in [0.5, 0.6) is 5.75 Å². The molecular weight excluding hydrogens is 304 g/mol. The molecule has 0 spiro atoms. The summed E-state index contributed by atoms with van der Waals surface area (Å²) >= 11 is 0. The standard InChI is InChI=1S/C14H20N4O3S/c1-4-21-12-6-5-10(16-8-19)7-11(12)13-9(2)22(20)18(3)14(15)17-13/h5-9,13H,4H2,1-3H3,(H2,15,17)(H,16,19). The number of guanidine groups is 1. The molecule has 1 aromatic rings. The van der Waals surface area contributed by atoms with Gasteiger partial charge in [-0.1, -0.05) is 0 Å². The molecule has 1 amide bonds. The fraction of sp³-hybridized carbons (Fsp3) is 0.429. The van der Waals surface area contributed by atoms with E-state index in [0.29, 0.717) is 24.5 Å². The summed E-state index contributed by atoms with van der Waals surface area (Å²) in [6.07, 6.45) is 0.604. The second-order valence-corrected chi connectivity index (χ2v) is 6.70. The van der Waals surface area contributed by atoms with Gasteiger partial charge in [-0.25, -0.2) is 9.20 Å². The fourth-order valence-corrected chi connectivity index (χ4v) is 3.49. The second-order valence-electron chi connectivity index (χ2n) is 4.86. The molecule has 0 aromatic heterocycles. The molecule has 7 nitrogen and oxygen atoms in total. The summed E-state index contributed by atoms with van der Waals surface area (Å²) in [5, 5.41) is 2.34. The van der Waals surface area contributed by atoms with Gasteiger partial charge in [-0.15, -0.1) is 0 Å². The van der Waals surface area contributed by atoms with Crippen LogP contribution in [0.15, 0.2) is 23.2 Å². The summed E-state index contributed by atoms with van der Waals surface area (Å²) in [6.45, 7) is 4.23. The van der Waals surface area contributed by atoms with Crippen molar-refractivity contribution in [1.29, 1.82) is 0 Å². The third-order valence-electron chi connectivity index (χ3n) is 3.48. The summed E-state index contributed by atoms with van der Waals surface area (Å²) in [6, 6.07) is 4.89. The molecule has 3 N–H and O–H groups in total. The first-order valence-corrected chi connectivity index (χ1v) is 8.11. The van der Waals surface area contributed by atoms with Gasteiger partial charge < -0.3 is 15.8 Å². The minimum absolute atomic E-state index is 0.220. The number of aliphatic imine (C=N–C) groups is 1. The van der Waals surface area contributed by atoms with Gasteiger partial charge in [-0.05, 0) is 32.0 Å². The minimum Gasteiger partial charge on any atom is -0.494 e. The van der Waals surface area contributed by atoms with Crippen LogP contribution in [0.4, 0.5) is 5.69 Å². The second kappa shape index (κ2) is 6.78. The normalized spacial score (nSPS) is 24.6. The van der Waals surface area contributed by atoms with Gasteiger partial charge >= 0.3 is 0 Å². The van der Waals surface area contributed by atoms with Crippen molar-refractivity contribution in [2.24, 2.45) is 10.7 Å². The highest BCUT2D eigenvalue weighted by molar-refractivity contribution is 7.83. The van der Waals surface area contributed by atoms with Crippen LogP contribution in [0.1, 0.15) is 25.5 Å². The number of benzene rings is 1. The average Bonchev–Trinajstić information content (AvgIpc) is 2.51. The van der Waals surface area contributed by atoms with Gasteiger partial charge in [0.15, 0.2) is 0 Å². The Kier molecular flexibility index (Phi) is 5.02. The molecule has 3 atom stereocenters. The number of nitrogens with zero attached hydrogens (tertiary/aromatic N) is 2. The quantitative estimate of drug-likeness (QED) is 0.790. The van der Waals surface area contributed by atoms with Crippen LogP contribution in [0.2, 0.25) is 0 Å². The molecule has 0 fully saturated rings. The zero-order valence-electron chi connectivity index (χ0n) is 12.8. The van der Waals surface area contributed by atoms with Crippen molar-refractivity contribution in [3.8, 4) is 5.75 Å². The molecule has 1 aliphatic heterocycles. The number of amides is 1. The third-order valence-corrected chi connectivity index (χ3v) is 5.10. The van der Waals surface area contributed by atoms with Gasteiger partial charge in [0, 0.05) is 18.3 Å². The Balaban J connectivity index is 2.50. The van der Waals surface area contributed by atoms with Crippen LogP contribution in [0.3, 0.4) is 0 Å². The zero-order chi connectivity index (χ0) is 16.3. The fourth-order valence-electron chi connectivity index (χ4n) is 2.33. The Morgan fingerprint density at radius 2 is 2.27 bits per heavy atom. The highest BCUT2D eigenvalue weighted by Gasteiger charge is 2.34. The first kappa shape index (κ1) is 16.3. The number of nitrogens with two attached hydrogens (primary N) is 1. The van der Waals surface area contributed by atoms with Crippen LogP contribution in [-0.4, -0.2) is 39.8 Å². The average molecular weight is 324 g/mol. The van der Waals surface area contributed by atoms with Crippen LogP contribution in [-0.2, 0) is 15.8 Å². The Morgan fingerprint density at radius 1 is 1.55 bits per heavy atom. The van der Waals surface area contributed by atoms with E-state index in [1.807, 2.05) is 13.8 Å². The highest BCUT2D eigenvalue weighted by atomic mass is 32.2. The van der Waals surface area contributed by atoms with E-state index >= 15 is 0 Å². The summed E-state index contributed by atoms with van der Waals surface area (Å²) in [5.74, 6) is 0.867. The van der Waals surface area contributed by atoms with E-state index in [2.05, 4.69) is 10.3 Å². The number of rotatable bonds is 5. The number of carbonyl (C=O) groups is 1. The number of hydrogen-bond acceptors (Lipinski definition) is 5. The van der Waals surface area contributed by atoms with Crippen LogP contribution >= 0.6 is 0 Å². The summed E-state index contributed by atoms with van der Waals surface area (Å²) in [5.41, 5.74) is 7.23. The lowest BCUT2D eigenvalue weighted by atomic mass is 10.0. The Morgan fingerprint density at radius 3 is 2.91 bits per heavy atom. The first-order valence-electron chi connectivity index (χ1n) is 6.94. The van der Waals surface area contributed by atoms with Gasteiger partial charge in [-0.2, -0.15) is 0 Å². The van der Waals surface area contributed by atoms with E-state index in [0.717, 1.165) is 5.56 Å². The van der Waals surface area contributed by atoms with E-state index in [4.69, 9.17) is 10.5 Å². The molecule has 0 bridgehead atoms. The molecule has 0 saturated heterocycles. The number of nitrogens with one attached hydrogen (secondary N) is 1. The predicted molar refractivity (Wildman–Crippen MR) is 87.0 cm³/mol. The smallest absolute Gasteiger partial charge is 0.211 e. The minimum atomic E-state index is -1.28. The summed E-state index contributed by atoms with van der Waals surface area (Å²) in [4.78, 5) is 15.1. The van der Waals surface area contributed by atoms with Crippen molar-refractivity contribution < 1.29 is 13.7 Å². The van der Waals surface area contributed by atoms with Crippen LogP contribution < -0.4 is 15.8 Å². The van der Waals surface area contributed by atoms with Gasteiger partial charge in [0.25, 0.3) is 0 Å². The lowest BCUT2D eigenvalue weighted by molar-refractivity contribution is -0.105. The molecular formula is C14H20N4O3S. The lowest BCUT2D eigenvalue weighted by Gasteiger charge is -2.32. The highest BCUT2D eigenvalue weighted by Crippen LogP contribution is 2.36. The molecule has 0 aliphatic carbocycles. The molecule has 3 unspecified atom stereocenters. The number of carbonyl (C=O) groups excluding carboxylic acids is 1. The van der Waals surface area contributed by atoms with E-state index in [1.165, 1.54) is 4.31 Å². The monoisotopic (exact) mass is 324 g/mol. The molecule has 1 aromatic carbocycles. The van der Waals surface area contributed by atoms with E-state index in [-0.39, 0.29) is 11.2 Å². The molecule has 1 heterocycles. The van der Waals surface area contributed by atoms with Crippen molar-refractivity contribution in [1.82, 2.24) is 4.31 Å². The molecule has 1 aliphatic rings. The number of anilines is 1. The van der Waals surface area contributed by atoms with Gasteiger partial charge in [-0.3, -0.25) is 9.10 Å². The lowest BCUT2D eigenvalue weighted by Crippen LogP contribution is -2.45. The Bertz CT molecular complexity index is 620. The summed E-state index contributed by atoms with van der Waals surface area (Å²) in [7, 11) is 0.367. The van der Waals surface area contributed by atoms with Gasteiger partial charge in [0.1, 0.15) is 16.7 Å². The van der Waals surface area contributed by atoms with E-state index in [9.17, 15) is 9.00 Å². The summed E-state index contributed by atoms with van der Waals surface area (Å²) < 4.78 is 19.4. The van der Waals surface area contributed by atoms with Crippen LogP contribution in [0.25, 0.3) is 0 Å². The maximum absolute atomic E-state index is 12.4.